The highest BCUT2D eigenvalue weighted by atomic mass is 16.5. The summed E-state index contributed by atoms with van der Waals surface area (Å²) in [4.78, 5) is 24.8. The molecule has 0 fully saturated rings. The third-order valence-corrected chi connectivity index (χ3v) is 4.42. The number of amides is 1. The molecule has 1 aromatic heterocycles. The first kappa shape index (κ1) is 20.3. The highest BCUT2D eigenvalue weighted by molar-refractivity contribution is 5.85. The van der Waals surface area contributed by atoms with E-state index < -0.39 is 12.0 Å². The van der Waals surface area contributed by atoms with Gasteiger partial charge in [0.25, 0.3) is 0 Å². The zero-order valence-electron chi connectivity index (χ0n) is 16.5. The number of hydrogen-bond acceptors (Lipinski definition) is 5. The van der Waals surface area contributed by atoms with Crippen LogP contribution >= 0.6 is 0 Å². The van der Waals surface area contributed by atoms with Gasteiger partial charge in [-0.05, 0) is 11.5 Å². The van der Waals surface area contributed by atoms with Crippen molar-refractivity contribution in [2.45, 2.75) is 32.9 Å². The van der Waals surface area contributed by atoms with Crippen molar-refractivity contribution in [3.8, 4) is 11.3 Å². The first-order valence-corrected chi connectivity index (χ1v) is 9.54. The van der Waals surface area contributed by atoms with Gasteiger partial charge in [0.2, 0.25) is 5.91 Å². The molecule has 0 spiro atoms. The lowest BCUT2D eigenvalue weighted by molar-refractivity contribution is -0.150. The summed E-state index contributed by atoms with van der Waals surface area (Å²) in [7, 11) is 0. The Morgan fingerprint density at radius 3 is 2.34 bits per heavy atom. The predicted molar refractivity (Wildman–Crippen MR) is 109 cm³/mol. The Balaban J connectivity index is 1.56. The number of aromatic nitrogens is 1. The van der Waals surface area contributed by atoms with Crippen LogP contribution in [0.25, 0.3) is 11.3 Å². The van der Waals surface area contributed by atoms with Gasteiger partial charge in [0.1, 0.15) is 18.3 Å². The Bertz CT molecular complexity index is 936. The van der Waals surface area contributed by atoms with E-state index in [2.05, 4.69) is 10.5 Å². The summed E-state index contributed by atoms with van der Waals surface area (Å²) in [6.45, 7) is 3.70. The molecular weight excluding hydrogens is 368 g/mol. The van der Waals surface area contributed by atoms with Gasteiger partial charge in [0.05, 0.1) is 6.42 Å². The van der Waals surface area contributed by atoms with Crippen LogP contribution in [0.2, 0.25) is 0 Å². The zero-order valence-corrected chi connectivity index (χ0v) is 16.5. The van der Waals surface area contributed by atoms with Gasteiger partial charge in [0, 0.05) is 11.6 Å². The first-order chi connectivity index (χ1) is 14.0. The van der Waals surface area contributed by atoms with Crippen molar-refractivity contribution in [2.75, 3.05) is 0 Å². The third-order valence-electron chi connectivity index (χ3n) is 4.42. The van der Waals surface area contributed by atoms with Crippen LogP contribution in [0.5, 0.6) is 0 Å². The molecular formula is C23H24N2O4. The van der Waals surface area contributed by atoms with Crippen LogP contribution in [-0.2, 0) is 27.4 Å². The Morgan fingerprint density at radius 1 is 1.03 bits per heavy atom. The van der Waals surface area contributed by atoms with Crippen molar-refractivity contribution in [3.05, 3.63) is 78.0 Å². The fourth-order valence-electron chi connectivity index (χ4n) is 2.86. The molecule has 0 aliphatic carbocycles. The second-order valence-corrected chi connectivity index (χ2v) is 7.11. The van der Waals surface area contributed by atoms with Gasteiger partial charge < -0.3 is 14.6 Å². The number of nitrogens with one attached hydrogen (secondary N) is 1. The molecule has 0 unspecified atom stereocenters. The van der Waals surface area contributed by atoms with E-state index in [0.29, 0.717) is 11.5 Å². The van der Waals surface area contributed by atoms with Crippen LogP contribution in [0.15, 0.2) is 71.3 Å². The van der Waals surface area contributed by atoms with Gasteiger partial charge >= 0.3 is 5.97 Å². The molecule has 29 heavy (non-hydrogen) atoms. The summed E-state index contributed by atoms with van der Waals surface area (Å²) < 4.78 is 10.7. The van der Waals surface area contributed by atoms with Gasteiger partial charge in [-0.15, -0.1) is 0 Å². The number of esters is 1. The largest absolute Gasteiger partial charge is 0.458 e. The lowest BCUT2D eigenvalue weighted by Gasteiger charge is -2.20. The lowest BCUT2D eigenvalue weighted by atomic mass is 10.0. The van der Waals surface area contributed by atoms with E-state index in [1.54, 1.807) is 6.07 Å². The predicted octanol–water partition coefficient (Wildman–Crippen LogP) is 3.77. The van der Waals surface area contributed by atoms with E-state index in [-0.39, 0.29) is 24.9 Å². The van der Waals surface area contributed by atoms with Crippen LogP contribution in [0.3, 0.4) is 0 Å². The molecule has 0 saturated heterocycles. The van der Waals surface area contributed by atoms with Gasteiger partial charge in [-0.2, -0.15) is 0 Å². The third kappa shape index (κ3) is 5.78. The van der Waals surface area contributed by atoms with Crippen LogP contribution in [-0.4, -0.2) is 23.1 Å². The molecule has 1 amide bonds. The average Bonchev–Trinajstić information content (AvgIpc) is 3.20. The summed E-state index contributed by atoms with van der Waals surface area (Å²) in [5.41, 5.74) is 2.29. The SMILES string of the molecule is CC(C)[C@H](NC(=O)Cc1ccccc1)C(=O)OCc1cc(-c2ccccc2)on1. The Hall–Kier alpha value is -3.41. The molecule has 1 N–H and O–H groups in total. The summed E-state index contributed by atoms with van der Waals surface area (Å²) in [5, 5.41) is 6.72. The number of carbonyl (C=O) groups is 2. The number of nitrogens with zero attached hydrogens (tertiary/aromatic N) is 1. The maximum absolute atomic E-state index is 12.5. The summed E-state index contributed by atoms with van der Waals surface area (Å²) in [6.07, 6.45) is 0.209. The van der Waals surface area contributed by atoms with E-state index >= 15 is 0 Å². The van der Waals surface area contributed by atoms with Gasteiger partial charge in [0.15, 0.2) is 5.76 Å². The monoisotopic (exact) mass is 392 g/mol. The molecule has 0 radical (unpaired) electrons. The lowest BCUT2D eigenvalue weighted by Crippen LogP contribution is -2.45. The molecule has 0 bridgehead atoms. The van der Waals surface area contributed by atoms with Gasteiger partial charge in [-0.3, -0.25) is 4.79 Å². The highest BCUT2D eigenvalue weighted by Gasteiger charge is 2.26. The van der Waals surface area contributed by atoms with Crippen molar-refractivity contribution in [1.82, 2.24) is 10.5 Å². The van der Waals surface area contributed by atoms with Crippen LogP contribution in [0, 0.1) is 5.92 Å². The molecule has 1 atom stereocenters. The number of carbonyl (C=O) groups excluding carboxylic acids is 2. The number of hydrogen-bond donors (Lipinski definition) is 1. The first-order valence-electron chi connectivity index (χ1n) is 9.54. The normalized spacial score (nSPS) is 11.8. The van der Waals surface area contributed by atoms with Gasteiger partial charge in [-0.1, -0.05) is 79.7 Å². The van der Waals surface area contributed by atoms with Gasteiger partial charge in [-0.25, -0.2) is 4.79 Å². The summed E-state index contributed by atoms with van der Waals surface area (Å²) in [6, 6.07) is 19.9. The maximum Gasteiger partial charge on any atom is 0.329 e. The highest BCUT2D eigenvalue weighted by Crippen LogP contribution is 2.20. The molecule has 0 aliphatic heterocycles. The Kier molecular flexibility index (Phi) is 6.79. The minimum absolute atomic E-state index is 0.0209. The smallest absolute Gasteiger partial charge is 0.329 e. The molecule has 6 heteroatoms. The van der Waals surface area contributed by atoms with Crippen LogP contribution < -0.4 is 5.32 Å². The maximum atomic E-state index is 12.5. The molecule has 2 aromatic carbocycles. The standard InChI is InChI=1S/C23H24N2O4/c1-16(2)22(24-21(26)13-17-9-5-3-6-10-17)23(27)28-15-19-14-20(29-25-19)18-11-7-4-8-12-18/h3-12,14,16,22H,13,15H2,1-2H3,(H,24,26)/t22-/m0/s1. The van der Waals surface area contributed by atoms with E-state index in [1.165, 1.54) is 0 Å². The van der Waals surface area contributed by atoms with E-state index in [9.17, 15) is 9.59 Å². The van der Waals surface area contributed by atoms with Crippen molar-refractivity contribution < 1.29 is 18.8 Å². The van der Waals surface area contributed by atoms with E-state index in [0.717, 1.165) is 11.1 Å². The molecule has 0 aliphatic rings. The molecule has 1 heterocycles. The number of benzene rings is 2. The second-order valence-electron chi connectivity index (χ2n) is 7.11. The molecule has 3 rings (SSSR count). The molecule has 3 aromatic rings. The molecule has 150 valence electrons. The molecule has 6 nitrogen and oxygen atoms in total. The van der Waals surface area contributed by atoms with E-state index in [4.69, 9.17) is 9.26 Å². The topological polar surface area (TPSA) is 81.4 Å². The van der Waals surface area contributed by atoms with Crippen molar-refractivity contribution in [3.63, 3.8) is 0 Å². The van der Waals surface area contributed by atoms with Crippen molar-refractivity contribution in [2.24, 2.45) is 5.92 Å². The number of rotatable bonds is 8. The van der Waals surface area contributed by atoms with Crippen LogP contribution in [0.1, 0.15) is 25.1 Å². The second kappa shape index (κ2) is 9.68. The van der Waals surface area contributed by atoms with Crippen molar-refractivity contribution in [1.29, 1.82) is 0 Å². The fourth-order valence-corrected chi connectivity index (χ4v) is 2.86. The summed E-state index contributed by atoms with van der Waals surface area (Å²) >= 11 is 0. The van der Waals surface area contributed by atoms with E-state index in [1.807, 2.05) is 74.5 Å². The minimum atomic E-state index is -0.730. The summed E-state index contributed by atoms with van der Waals surface area (Å²) in [5.74, 6) is -0.224. The zero-order chi connectivity index (χ0) is 20.6. The van der Waals surface area contributed by atoms with Crippen LogP contribution in [0.4, 0.5) is 0 Å². The minimum Gasteiger partial charge on any atom is -0.458 e. The Morgan fingerprint density at radius 2 is 1.69 bits per heavy atom. The number of ether oxygens (including phenoxy) is 1. The van der Waals surface area contributed by atoms with Crippen molar-refractivity contribution >= 4 is 11.9 Å². The molecule has 0 saturated carbocycles. The quantitative estimate of drug-likeness (QED) is 0.590. The average molecular weight is 392 g/mol. The fraction of sp³-hybridized carbons (Fsp3) is 0.261. The Labute approximate surface area is 169 Å².